The van der Waals surface area contributed by atoms with Gasteiger partial charge in [-0.05, 0) is 18.8 Å². The van der Waals surface area contributed by atoms with Gasteiger partial charge in [-0.25, -0.2) is 8.42 Å². The van der Waals surface area contributed by atoms with E-state index in [1.165, 1.54) is 11.9 Å². The molecule has 1 fully saturated rings. The van der Waals surface area contributed by atoms with E-state index in [4.69, 9.17) is 5.11 Å². The van der Waals surface area contributed by atoms with E-state index in [-0.39, 0.29) is 24.1 Å². The molecule has 9 heteroatoms. The van der Waals surface area contributed by atoms with Gasteiger partial charge in [-0.2, -0.15) is 0 Å². The van der Waals surface area contributed by atoms with Gasteiger partial charge in [0.15, 0.2) is 9.84 Å². The monoisotopic (exact) mass is 362 g/mol. The van der Waals surface area contributed by atoms with Crippen molar-refractivity contribution in [2.45, 2.75) is 26.7 Å². The summed E-state index contributed by atoms with van der Waals surface area (Å²) in [5.41, 5.74) is 0. The van der Waals surface area contributed by atoms with Crippen LogP contribution in [-0.4, -0.2) is 79.3 Å². The first-order valence-electron chi connectivity index (χ1n) is 7.97. The Morgan fingerprint density at radius 1 is 1.21 bits per heavy atom. The molecule has 0 atom stereocenters. The third-order valence-electron chi connectivity index (χ3n) is 3.93. The van der Waals surface area contributed by atoms with Crippen molar-refractivity contribution in [3.8, 4) is 0 Å². The highest BCUT2D eigenvalue weighted by Crippen LogP contribution is 2.17. The summed E-state index contributed by atoms with van der Waals surface area (Å²) in [6.07, 6.45) is 0.781. The second kappa shape index (κ2) is 8.46. The molecule has 1 heterocycles. The van der Waals surface area contributed by atoms with Crippen molar-refractivity contribution in [2.75, 3.05) is 38.2 Å². The molecule has 0 aromatic heterocycles. The molecule has 1 N–H and O–H groups in total. The van der Waals surface area contributed by atoms with E-state index in [0.29, 0.717) is 25.9 Å². The Bertz CT molecular complexity index is 579. The molecule has 0 radical (unpaired) electrons. The average molecular weight is 362 g/mol. The molecule has 24 heavy (non-hydrogen) atoms. The Morgan fingerprint density at radius 3 is 2.21 bits per heavy atom. The van der Waals surface area contributed by atoms with E-state index in [9.17, 15) is 22.8 Å². The van der Waals surface area contributed by atoms with Crippen molar-refractivity contribution in [1.82, 2.24) is 9.80 Å². The Morgan fingerprint density at radius 2 is 1.75 bits per heavy atom. The standard InChI is InChI=1S/C15H26N2O6S/c1-11(2)9-24(22,23)10-14(19)16(3)8-13(18)17-6-4-12(5-7-17)15(20)21/h11-12H,4-10H2,1-3H3,(H,20,21). The first kappa shape index (κ1) is 20.4. The normalized spacial score (nSPS) is 16.2. The van der Waals surface area contributed by atoms with E-state index in [0.717, 1.165) is 4.90 Å². The number of likely N-dealkylation sites (tertiary alicyclic amines) is 1. The van der Waals surface area contributed by atoms with Gasteiger partial charge >= 0.3 is 5.97 Å². The van der Waals surface area contributed by atoms with Gasteiger partial charge in [0.25, 0.3) is 0 Å². The van der Waals surface area contributed by atoms with Crippen LogP contribution in [0.3, 0.4) is 0 Å². The van der Waals surface area contributed by atoms with Crippen molar-refractivity contribution in [3.63, 3.8) is 0 Å². The molecule has 0 aliphatic carbocycles. The molecular weight excluding hydrogens is 336 g/mol. The van der Waals surface area contributed by atoms with Crippen LogP contribution in [0.2, 0.25) is 0 Å². The zero-order valence-electron chi connectivity index (χ0n) is 14.4. The maximum Gasteiger partial charge on any atom is 0.306 e. The summed E-state index contributed by atoms with van der Waals surface area (Å²) >= 11 is 0. The number of amides is 2. The predicted molar refractivity (Wildman–Crippen MR) is 88.1 cm³/mol. The van der Waals surface area contributed by atoms with Gasteiger partial charge in [-0.1, -0.05) is 13.8 Å². The predicted octanol–water partition coefficient (Wildman–Crippen LogP) is -0.161. The van der Waals surface area contributed by atoms with Gasteiger partial charge < -0.3 is 14.9 Å². The third-order valence-corrected chi connectivity index (χ3v) is 5.79. The average Bonchev–Trinajstić information content (AvgIpc) is 2.45. The van der Waals surface area contributed by atoms with Crippen LogP contribution in [0, 0.1) is 11.8 Å². The van der Waals surface area contributed by atoms with E-state index < -0.39 is 33.4 Å². The molecule has 1 rings (SSSR count). The molecule has 1 aliphatic heterocycles. The number of carbonyl (C=O) groups is 3. The minimum Gasteiger partial charge on any atom is -0.481 e. The first-order valence-corrected chi connectivity index (χ1v) is 9.79. The van der Waals surface area contributed by atoms with Crippen molar-refractivity contribution in [2.24, 2.45) is 11.8 Å². The number of aliphatic carboxylic acids is 1. The maximum absolute atomic E-state index is 12.2. The zero-order chi connectivity index (χ0) is 18.5. The second-order valence-corrected chi connectivity index (χ2v) is 8.80. The van der Waals surface area contributed by atoms with Gasteiger partial charge in [0.1, 0.15) is 5.75 Å². The highest BCUT2D eigenvalue weighted by atomic mass is 32.2. The van der Waals surface area contributed by atoms with Crippen molar-refractivity contribution in [3.05, 3.63) is 0 Å². The van der Waals surface area contributed by atoms with E-state index in [1.54, 1.807) is 13.8 Å². The summed E-state index contributed by atoms with van der Waals surface area (Å²) < 4.78 is 23.7. The lowest BCUT2D eigenvalue weighted by molar-refractivity contribution is -0.146. The fourth-order valence-electron chi connectivity index (χ4n) is 2.63. The lowest BCUT2D eigenvalue weighted by atomic mass is 9.97. The minimum absolute atomic E-state index is 0.0646. The van der Waals surface area contributed by atoms with Crippen molar-refractivity contribution in [1.29, 1.82) is 0 Å². The molecule has 0 aromatic carbocycles. The van der Waals surface area contributed by atoms with Crippen LogP contribution in [0.5, 0.6) is 0 Å². The highest BCUT2D eigenvalue weighted by molar-refractivity contribution is 7.92. The molecule has 1 saturated heterocycles. The molecule has 1 aliphatic rings. The highest BCUT2D eigenvalue weighted by Gasteiger charge is 2.28. The number of hydrogen-bond acceptors (Lipinski definition) is 5. The molecule has 138 valence electrons. The summed E-state index contributed by atoms with van der Waals surface area (Å²) in [6, 6.07) is 0. The number of sulfone groups is 1. The fraction of sp³-hybridized carbons (Fsp3) is 0.800. The van der Waals surface area contributed by atoms with Crippen LogP contribution in [0.1, 0.15) is 26.7 Å². The molecule has 0 bridgehead atoms. The molecule has 8 nitrogen and oxygen atoms in total. The first-order chi connectivity index (χ1) is 11.0. The lowest BCUT2D eigenvalue weighted by Gasteiger charge is -2.31. The molecule has 0 aromatic rings. The summed E-state index contributed by atoms with van der Waals surface area (Å²) in [5, 5.41) is 8.94. The van der Waals surface area contributed by atoms with Crippen LogP contribution in [0.25, 0.3) is 0 Å². The molecule has 0 saturated carbocycles. The Balaban J connectivity index is 2.49. The van der Waals surface area contributed by atoms with Gasteiger partial charge in [-0.3, -0.25) is 14.4 Å². The molecule has 2 amide bonds. The molecular formula is C15H26N2O6S. The smallest absolute Gasteiger partial charge is 0.306 e. The number of carboxylic acid groups (broad SMARTS) is 1. The topological polar surface area (TPSA) is 112 Å². The van der Waals surface area contributed by atoms with Gasteiger partial charge in [0.05, 0.1) is 18.2 Å². The number of likely N-dealkylation sites (N-methyl/N-ethyl adjacent to an activating group) is 1. The van der Waals surface area contributed by atoms with Crippen molar-refractivity contribution < 1.29 is 27.9 Å². The third kappa shape index (κ3) is 6.46. The number of rotatable bonds is 7. The number of carboxylic acids is 1. The van der Waals surface area contributed by atoms with Gasteiger partial charge in [0.2, 0.25) is 11.8 Å². The SMILES string of the molecule is CC(C)CS(=O)(=O)CC(=O)N(C)CC(=O)N1CCC(C(=O)O)CC1. The minimum atomic E-state index is -3.48. The number of piperidine rings is 1. The van der Waals surface area contributed by atoms with Gasteiger partial charge in [-0.15, -0.1) is 0 Å². The summed E-state index contributed by atoms with van der Waals surface area (Å²) in [5.74, 6) is -2.93. The van der Waals surface area contributed by atoms with Crippen LogP contribution < -0.4 is 0 Å². The number of carbonyl (C=O) groups excluding carboxylic acids is 2. The largest absolute Gasteiger partial charge is 0.481 e. The number of nitrogens with zero attached hydrogens (tertiary/aromatic N) is 2. The lowest BCUT2D eigenvalue weighted by Crippen LogP contribution is -2.46. The van der Waals surface area contributed by atoms with E-state index in [1.807, 2.05) is 0 Å². The summed E-state index contributed by atoms with van der Waals surface area (Å²) in [6.45, 7) is 3.99. The van der Waals surface area contributed by atoms with Crippen LogP contribution >= 0.6 is 0 Å². The van der Waals surface area contributed by atoms with Crippen LogP contribution in [0.4, 0.5) is 0 Å². The Labute approximate surface area is 142 Å². The Kier molecular flexibility index (Phi) is 7.19. The molecule has 0 unspecified atom stereocenters. The van der Waals surface area contributed by atoms with Crippen molar-refractivity contribution >= 4 is 27.6 Å². The summed E-state index contributed by atoms with van der Waals surface area (Å²) in [4.78, 5) is 37.7. The van der Waals surface area contributed by atoms with Crippen LogP contribution in [-0.2, 0) is 24.2 Å². The fourth-order valence-corrected chi connectivity index (χ4v) is 4.36. The summed E-state index contributed by atoms with van der Waals surface area (Å²) in [7, 11) is -2.09. The van der Waals surface area contributed by atoms with Crippen LogP contribution in [0.15, 0.2) is 0 Å². The second-order valence-electron chi connectivity index (χ2n) is 6.69. The Hall–Kier alpha value is -1.64. The zero-order valence-corrected chi connectivity index (χ0v) is 15.2. The maximum atomic E-state index is 12.2. The number of hydrogen-bond donors (Lipinski definition) is 1. The molecule has 0 spiro atoms. The van der Waals surface area contributed by atoms with E-state index in [2.05, 4.69) is 0 Å². The van der Waals surface area contributed by atoms with Gasteiger partial charge in [0, 0.05) is 20.1 Å². The van der Waals surface area contributed by atoms with E-state index >= 15 is 0 Å². The quantitative estimate of drug-likeness (QED) is 0.673.